The predicted molar refractivity (Wildman–Crippen MR) is 83.6 cm³/mol. The van der Waals surface area contributed by atoms with Crippen molar-refractivity contribution in [2.24, 2.45) is 0 Å². The van der Waals surface area contributed by atoms with E-state index in [1.165, 1.54) is 16.9 Å². The maximum atomic E-state index is 13.6. The number of aromatic nitrogens is 4. The summed E-state index contributed by atoms with van der Waals surface area (Å²) in [5, 5.41) is 11.2. The molecule has 23 heavy (non-hydrogen) atoms. The van der Waals surface area contributed by atoms with Crippen molar-refractivity contribution in [1.29, 1.82) is 0 Å². The zero-order valence-electron chi connectivity index (χ0n) is 12.0. The fourth-order valence-corrected chi connectivity index (χ4v) is 2.23. The van der Waals surface area contributed by atoms with Crippen LogP contribution in [0.2, 0.25) is 5.02 Å². The quantitative estimate of drug-likeness (QED) is 0.780. The Kier molecular flexibility index (Phi) is 4.38. The second kappa shape index (κ2) is 6.62. The normalized spacial score (nSPS) is 10.7. The molecule has 1 amide bonds. The van der Waals surface area contributed by atoms with Crippen LogP contribution in [0.1, 0.15) is 5.56 Å². The molecule has 2 heterocycles. The van der Waals surface area contributed by atoms with Crippen LogP contribution in [-0.2, 0) is 17.9 Å². The minimum atomic E-state index is -0.288. The van der Waals surface area contributed by atoms with Gasteiger partial charge in [0.1, 0.15) is 12.4 Å². The second-order valence-corrected chi connectivity index (χ2v) is 5.33. The highest BCUT2D eigenvalue weighted by atomic mass is 35.5. The van der Waals surface area contributed by atoms with Gasteiger partial charge in [-0.3, -0.25) is 14.2 Å². The van der Waals surface area contributed by atoms with Crippen molar-refractivity contribution >= 4 is 23.3 Å². The van der Waals surface area contributed by atoms with Crippen molar-refractivity contribution in [3.8, 4) is 0 Å². The van der Waals surface area contributed by atoms with Crippen LogP contribution in [0.4, 0.5) is 10.2 Å². The lowest BCUT2D eigenvalue weighted by atomic mass is 10.2. The molecule has 8 heteroatoms. The number of hydrogen-bond acceptors (Lipinski definition) is 3. The van der Waals surface area contributed by atoms with Gasteiger partial charge >= 0.3 is 0 Å². The van der Waals surface area contributed by atoms with Gasteiger partial charge in [-0.15, -0.1) is 0 Å². The van der Waals surface area contributed by atoms with Gasteiger partial charge in [-0.2, -0.15) is 10.2 Å². The molecule has 0 aliphatic heterocycles. The average Bonchev–Trinajstić information content (AvgIpc) is 3.11. The summed E-state index contributed by atoms with van der Waals surface area (Å²) in [7, 11) is 0. The van der Waals surface area contributed by atoms with Crippen molar-refractivity contribution in [1.82, 2.24) is 19.6 Å². The van der Waals surface area contributed by atoms with E-state index in [1.54, 1.807) is 41.3 Å². The van der Waals surface area contributed by atoms with Crippen LogP contribution in [0, 0.1) is 5.82 Å². The summed E-state index contributed by atoms with van der Waals surface area (Å²) < 4.78 is 16.6. The Morgan fingerprint density at radius 3 is 2.83 bits per heavy atom. The Balaban J connectivity index is 1.61. The standard InChI is InChI=1S/C15H13ClFN5O/c16-12-7-18-22(9-12)10-15(23)19-14-5-6-21(20-14)8-11-3-1-2-4-13(11)17/h1-7,9H,8,10H2,(H,19,20,23). The molecule has 1 aromatic carbocycles. The summed E-state index contributed by atoms with van der Waals surface area (Å²) >= 11 is 5.74. The smallest absolute Gasteiger partial charge is 0.247 e. The molecule has 0 saturated heterocycles. The number of hydrogen-bond donors (Lipinski definition) is 1. The molecule has 0 radical (unpaired) electrons. The highest BCUT2D eigenvalue weighted by Crippen LogP contribution is 2.10. The average molecular weight is 334 g/mol. The molecule has 3 aromatic rings. The molecular weight excluding hydrogens is 321 g/mol. The van der Waals surface area contributed by atoms with E-state index in [-0.39, 0.29) is 24.8 Å². The van der Waals surface area contributed by atoms with Crippen molar-refractivity contribution in [2.45, 2.75) is 13.1 Å². The number of anilines is 1. The van der Waals surface area contributed by atoms with Gasteiger partial charge in [0.05, 0.1) is 17.8 Å². The number of nitrogens with zero attached hydrogens (tertiary/aromatic N) is 4. The molecule has 6 nitrogen and oxygen atoms in total. The molecule has 0 spiro atoms. The highest BCUT2D eigenvalue weighted by molar-refractivity contribution is 6.30. The van der Waals surface area contributed by atoms with Crippen LogP contribution in [0.15, 0.2) is 48.9 Å². The van der Waals surface area contributed by atoms with Crippen LogP contribution in [0.25, 0.3) is 0 Å². The molecule has 0 fully saturated rings. The Labute approximate surface area is 136 Å². The summed E-state index contributed by atoms with van der Waals surface area (Å²) in [4.78, 5) is 11.9. The fourth-order valence-electron chi connectivity index (χ4n) is 2.07. The lowest BCUT2D eigenvalue weighted by Crippen LogP contribution is -2.19. The van der Waals surface area contributed by atoms with Gasteiger partial charge in [-0.1, -0.05) is 29.8 Å². The molecule has 118 valence electrons. The van der Waals surface area contributed by atoms with Gasteiger partial charge in [0.15, 0.2) is 5.82 Å². The molecule has 1 N–H and O–H groups in total. The van der Waals surface area contributed by atoms with Crippen LogP contribution >= 0.6 is 11.6 Å². The van der Waals surface area contributed by atoms with Crippen molar-refractivity contribution < 1.29 is 9.18 Å². The van der Waals surface area contributed by atoms with Crippen molar-refractivity contribution in [2.75, 3.05) is 5.32 Å². The lowest BCUT2D eigenvalue weighted by Gasteiger charge is -2.04. The summed E-state index contributed by atoms with van der Waals surface area (Å²) in [5.41, 5.74) is 0.527. The van der Waals surface area contributed by atoms with E-state index in [4.69, 9.17) is 11.6 Å². The third-order valence-electron chi connectivity index (χ3n) is 3.11. The number of halogens is 2. The van der Waals surface area contributed by atoms with Crippen molar-refractivity contribution in [3.63, 3.8) is 0 Å². The van der Waals surface area contributed by atoms with E-state index in [0.29, 0.717) is 16.4 Å². The summed E-state index contributed by atoms with van der Waals surface area (Å²) in [6.07, 6.45) is 4.68. The van der Waals surface area contributed by atoms with Gasteiger partial charge in [-0.25, -0.2) is 4.39 Å². The van der Waals surface area contributed by atoms with Crippen LogP contribution in [-0.4, -0.2) is 25.5 Å². The van der Waals surface area contributed by atoms with Crippen LogP contribution in [0.3, 0.4) is 0 Å². The Morgan fingerprint density at radius 2 is 2.09 bits per heavy atom. The number of carbonyl (C=O) groups excluding carboxylic acids is 1. The van der Waals surface area contributed by atoms with Gasteiger partial charge < -0.3 is 5.32 Å². The van der Waals surface area contributed by atoms with E-state index in [2.05, 4.69) is 15.5 Å². The van der Waals surface area contributed by atoms with Gasteiger partial charge in [0.2, 0.25) is 5.91 Å². The lowest BCUT2D eigenvalue weighted by molar-refractivity contribution is -0.116. The van der Waals surface area contributed by atoms with Crippen molar-refractivity contribution in [3.05, 3.63) is 65.3 Å². The number of benzene rings is 1. The number of carbonyl (C=O) groups is 1. The molecule has 2 aromatic heterocycles. The maximum absolute atomic E-state index is 13.6. The zero-order chi connectivity index (χ0) is 16.2. The fraction of sp³-hybridized carbons (Fsp3) is 0.133. The van der Waals surface area contributed by atoms with Crippen LogP contribution in [0.5, 0.6) is 0 Å². The monoisotopic (exact) mass is 333 g/mol. The molecular formula is C15H13ClFN5O. The second-order valence-electron chi connectivity index (χ2n) is 4.89. The summed E-state index contributed by atoms with van der Waals surface area (Å²) in [6, 6.07) is 8.14. The number of amides is 1. The molecule has 0 saturated carbocycles. The number of nitrogens with one attached hydrogen (secondary N) is 1. The zero-order valence-corrected chi connectivity index (χ0v) is 12.7. The largest absolute Gasteiger partial charge is 0.308 e. The third kappa shape index (κ3) is 3.95. The Hall–Kier alpha value is -2.67. The van der Waals surface area contributed by atoms with E-state index >= 15 is 0 Å². The Morgan fingerprint density at radius 1 is 1.26 bits per heavy atom. The highest BCUT2D eigenvalue weighted by Gasteiger charge is 2.08. The first-order chi connectivity index (χ1) is 11.1. The summed E-state index contributed by atoms with van der Waals surface area (Å²) in [5.74, 6) is -0.172. The first kappa shape index (κ1) is 15.2. The topological polar surface area (TPSA) is 64.7 Å². The minimum Gasteiger partial charge on any atom is -0.308 e. The van der Waals surface area contributed by atoms with Gasteiger partial charge in [0.25, 0.3) is 0 Å². The van der Waals surface area contributed by atoms with E-state index in [1.807, 2.05) is 0 Å². The third-order valence-corrected chi connectivity index (χ3v) is 3.30. The molecule has 0 unspecified atom stereocenters. The van der Waals surface area contributed by atoms with Crippen LogP contribution < -0.4 is 5.32 Å². The first-order valence-electron chi connectivity index (χ1n) is 6.85. The molecule has 0 aliphatic carbocycles. The van der Waals surface area contributed by atoms with Gasteiger partial charge in [-0.05, 0) is 6.07 Å². The van der Waals surface area contributed by atoms with Gasteiger partial charge in [0, 0.05) is 24.0 Å². The minimum absolute atomic E-state index is 0.0346. The Bertz CT molecular complexity index is 829. The molecule has 0 atom stereocenters. The van der Waals surface area contributed by atoms with E-state index < -0.39 is 0 Å². The first-order valence-corrected chi connectivity index (χ1v) is 7.22. The SMILES string of the molecule is O=C(Cn1cc(Cl)cn1)Nc1ccn(Cc2ccccc2F)n1. The molecule has 0 bridgehead atoms. The molecule has 0 aliphatic rings. The van der Waals surface area contributed by atoms with E-state index in [9.17, 15) is 9.18 Å². The summed E-state index contributed by atoms with van der Waals surface area (Å²) in [6.45, 7) is 0.324. The number of rotatable bonds is 5. The van der Waals surface area contributed by atoms with E-state index in [0.717, 1.165) is 0 Å². The maximum Gasteiger partial charge on any atom is 0.247 e. The predicted octanol–water partition coefficient (Wildman–Crippen LogP) is 2.56. The molecule has 3 rings (SSSR count).